The Morgan fingerprint density at radius 2 is 2.19 bits per heavy atom. The molecule has 0 radical (unpaired) electrons. The molecular weight excluding hydrogens is 264 g/mol. The number of pyridine rings is 1. The van der Waals surface area contributed by atoms with Crippen LogP contribution in [0.1, 0.15) is 35.4 Å². The van der Waals surface area contributed by atoms with Crippen molar-refractivity contribution >= 4 is 5.82 Å². The lowest BCUT2D eigenvalue weighted by Crippen LogP contribution is -2.13. The van der Waals surface area contributed by atoms with E-state index in [-0.39, 0.29) is 6.61 Å². The third kappa shape index (κ3) is 3.24. The van der Waals surface area contributed by atoms with E-state index in [9.17, 15) is 0 Å². The van der Waals surface area contributed by atoms with Crippen LogP contribution in [0.4, 0.5) is 5.82 Å². The van der Waals surface area contributed by atoms with Gasteiger partial charge in [0.2, 0.25) is 0 Å². The molecule has 2 heterocycles. The molecule has 0 spiro atoms. The zero-order chi connectivity index (χ0) is 14.7. The summed E-state index contributed by atoms with van der Waals surface area (Å²) in [6.45, 7) is 3.49. The van der Waals surface area contributed by atoms with Gasteiger partial charge in [-0.25, -0.2) is 0 Å². The van der Waals surface area contributed by atoms with Crippen molar-refractivity contribution in [2.75, 3.05) is 11.9 Å². The van der Waals surface area contributed by atoms with E-state index in [1.807, 2.05) is 12.3 Å². The maximum absolute atomic E-state index is 8.91. The van der Waals surface area contributed by atoms with Crippen LogP contribution in [-0.2, 0) is 25.9 Å². The lowest BCUT2D eigenvalue weighted by molar-refractivity contribution is 0.269. The van der Waals surface area contributed by atoms with Gasteiger partial charge in [0.05, 0.1) is 13.2 Å². The van der Waals surface area contributed by atoms with Crippen LogP contribution in [0.15, 0.2) is 18.3 Å². The number of rotatable bonds is 5. The molecule has 21 heavy (non-hydrogen) atoms. The van der Waals surface area contributed by atoms with E-state index in [0.29, 0.717) is 6.54 Å². The SMILES string of the molecule is Cc1cc(CNc2ccn(CCO)n2)c2c(n1)CCCC2. The van der Waals surface area contributed by atoms with Crippen molar-refractivity contribution in [3.05, 3.63) is 40.8 Å². The molecule has 0 saturated heterocycles. The van der Waals surface area contributed by atoms with E-state index in [1.54, 1.807) is 4.68 Å². The summed E-state index contributed by atoms with van der Waals surface area (Å²) < 4.78 is 1.75. The zero-order valence-electron chi connectivity index (χ0n) is 12.5. The maximum atomic E-state index is 8.91. The Hall–Kier alpha value is -1.88. The summed E-state index contributed by atoms with van der Waals surface area (Å²) in [7, 11) is 0. The number of aromatic nitrogens is 3. The summed E-state index contributed by atoms with van der Waals surface area (Å²) in [4.78, 5) is 4.68. The monoisotopic (exact) mass is 286 g/mol. The van der Waals surface area contributed by atoms with Gasteiger partial charge in [0.1, 0.15) is 5.82 Å². The largest absolute Gasteiger partial charge is 0.394 e. The van der Waals surface area contributed by atoms with Gasteiger partial charge in [0.25, 0.3) is 0 Å². The van der Waals surface area contributed by atoms with Crippen LogP contribution < -0.4 is 5.32 Å². The fourth-order valence-electron chi connectivity index (χ4n) is 2.97. The van der Waals surface area contributed by atoms with Crippen molar-refractivity contribution < 1.29 is 5.11 Å². The van der Waals surface area contributed by atoms with Crippen molar-refractivity contribution in [3.8, 4) is 0 Å². The van der Waals surface area contributed by atoms with E-state index in [4.69, 9.17) is 5.11 Å². The normalized spacial score (nSPS) is 14.0. The molecule has 0 fully saturated rings. The Kier molecular flexibility index (Phi) is 4.20. The average molecular weight is 286 g/mol. The van der Waals surface area contributed by atoms with Crippen LogP contribution in [-0.4, -0.2) is 26.5 Å². The van der Waals surface area contributed by atoms with Gasteiger partial charge in [-0.1, -0.05) is 0 Å². The Balaban J connectivity index is 1.73. The smallest absolute Gasteiger partial charge is 0.148 e. The van der Waals surface area contributed by atoms with Gasteiger partial charge in [0, 0.05) is 30.2 Å². The lowest BCUT2D eigenvalue weighted by Gasteiger charge is -2.19. The number of nitrogens with one attached hydrogen (secondary N) is 1. The van der Waals surface area contributed by atoms with E-state index in [2.05, 4.69) is 28.4 Å². The number of fused-ring (bicyclic) bond motifs is 1. The van der Waals surface area contributed by atoms with Crippen molar-refractivity contribution in [2.45, 2.75) is 45.7 Å². The first-order chi connectivity index (χ1) is 10.3. The number of aliphatic hydroxyl groups is 1. The molecule has 0 unspecified atom stereocenters. The molecule has 0 aromatic carbocycles. The van der Waals surface area contributed by atoms with Gasteiger partial charge in [0.15, 0.2) is 0 Å². The molecule has 2 aromatic heterocycles. The second-order valence-electron chi connectivity index (χ2n) is 5.60. The molecule has 1 aliphatic rings. The van der Waals surface area contributed by atoms with Crippen molar-refractivity contribution in [1.29, 1.82) is 0 Å². The number of anilines is 1. The molecule has 5 heteroatoms. The molecule has 2 N–H and O–H groups in total. The fourth-order valence-corrected chi connectivity index (χ4v) is 2.97. The molecule has 2 aromatic rings. The van der Waals surface area contributed by atoms with Gasteiger partial charge >= 0.3 is 0 Å². The van der Waals surface area contributed by atoms with Crippen LogP contribution in [0, 0.1) is 6.92 Å². The fraction of sp³-hybridized carbons (Fsp3) is 0.500. The van der Waals surface area contributed by atoms with Gasteiger partial charge < -0.3 is 10.4 Å². The number of aryl methyl sites for hydroxylation is 2. The van der Waals surface area contributed by atoms with Crippen LogP contribution in [0.25, 0.3) is 0 Å². The maximum Gasteiger partial charge on any atom is 0.148 e. The summed E-state index contributed by atoms with van der Waals surface area (Å²) in [6.07, 6.45) is 6.64. The molecule has 0 atom stereocenters. The molecule has 3 rings (SSSR count). The highest BCUT2D eigenvalue weighted by Crippen LogP contribution is 2.24. The minimum atomic E-state index is 0.109. The number of aliphatic hydroxyl groups excluding tert-OH is 1. The molecule has 0 saturated carbocycles. The summed E-state index contributed by atoms with van der Waals surface area (Å²) in [6, 6.07) is 4.12. The van der Waals surface area contributed by atoms with Crippen molar-refractivity contribution in [2.24, 2.45) is 0 Å². The van der Waals surface area contributed by atoms with Gasteiger partial charge in [-0.2, -0.15) is 5.10 Å². The van der Waals surface area contributed by atoms with E-state index >= 15 is 0 Å². The Morgan fingerprint density at radius 1 is 1.33 bits per heavy atom. The zero-order valence-corrected chi connectivity index (χ0v) is 12.5. The Labute approximate surface area is 125 Å². The molecular formula is C16H22N4O. The topological polar surface area (TPSA) is 63.0 Å². The number of hydrogen-bond donors (Lipinski definition) is 2. The van der Waals surface area contributed by atoms with E-state index in [1.165, 1.54) is 29.7 Å². The molecule has 0 amide bonds. The van der Waals surface area contributed by atoms with Gasteiger partial charge in [-0.3, -0.25) is 9.67 Å². The highest BCUT2D eigenvalue weighted by atomic mass is 16.3. The van der Waals surface area contributed by atoms with Crippen LogP contribution in [0.5, 0.6) is 0 Å². The molecule has 112 valence electrons. The molecule has 0 aliphatic heterocycles. The van der Waals surface area contributed by atoms with Gasteiger partial charge in [-0.05, 0) is 49.8 Å². The average Bonchev–Trinajstić information content (AvgIpc) is 2.93. The molecule has 0 bridgehead atoms. The van der Waals surface area contributed by atoms with E-state index in [0.717, 1.165) is 30.9 Å². The first kappa shape index (κ1) is 14.1. The number of nitrogens with zero attached hydrogens (tertiary/aromatic N) is 3. The summed E-state index contributed by atoms with van der Waals surface area (Å²) >= 11 is 0. The molecule has 1 aliphatic carbocycles. The third-order valence-electron chi connectivity index (χ3n) is 3.95. The highest BCUT2D eigenvalue weighted by Gasteiger charge is 2.15. The third-order valence-corrected chi connectivity index (χ3v) is 3.95. The first-order valence-corrected chi connectivity index (χ1v) is 7.63. The summed E-state index contributed by atoms with van der Waals surface area (Å²) in [5.74, 6) is 0.850. The minimum absolute atomic E-state index is 0.109. The summed E-state index contributed by atoms with van der Waals surface area (Å²) in [5.41, 5.74) is 5.14. The second-order valence-corrected chi connectivity index (χ2v) is 5.60. The quantitative estimate of drug-likeness (QED) is 0.883. The molecule has 5 nitrogen and oxygen atoms in total. The predicted octanol–water partition coefficient (Wildman–Crippen LogP) is 2.07. The Bertz CT molecular complexity index is 621. The number of hydrogen-bond acceptors (Lipinski definition) is 4. The highest BCUT2D eigenvalue weighted by molar-refractivity contribution is 5.39. The van der Waals surface area contributed by atoms with Crippen LogP contribution >= 0.6 is 0 Å². The predicted molar refractivity (Wildman–Crippen MR) is 82.3 cm³/mol. The van der Waals surface area contributed by atoms with Gasteiger partial charge in [-0.15, -0.1) is 0 Å². The first-order valence-electron chi connectivity index (χ1n) is 7.63. The minimum Gasteiger partial charge on any atom is -0.394 e. The Morgan fingerprint density at radius 3 is 3.05 bits per heavy atom. The van der Waals surface area contributed by atoms with E-state index < -0.39 is 0 Å². The van der Waals surface area contributed by atoms with Crippen LogP contribution in [0.3, 0.4) is 0 Å². The van der Waals surface area contributed by atoms with Crippen LogP contribution in [0.2, 0.25) is 0 Å². The second kappa shape index (κ2) is 6.26. The van der Waals surface area contributed by atoms with Crippen molar-refractivity contribution in [3.63, 3.8) is 0 Å². The van der Waals surface area contributed by atoms with Crippen molar-refractivity contribution in [1.82, 2.24) is 14.8 Å². The summed E-state index contributed by atoms with van der Waals surface area (Å²) in [5, 5.41) is 16.7. The lowest BCUT2D eigenvalue weighted by atomic mass is 9.91. The standard InChI is InChI=1S/C16H22N4O/c1-12-10-13(14-4-2-3-5-15(14)18-12)11-17-16-6-7-20(19-16)8-9-21/h6-7,10,21H,2-5,8-9,11H2,1H3,(H,17,19).